The largest absolute Gasteiger partial charge is 0.465 e. The molecule has 2 N–H and O–H groups in total. The second-order valence-electron chi connectivity index (χ2n) is 8.44. The van der Waals surface area contributed by atoms with E-state index >= 15 is 4.39 Å². The SMILES string of the molecule is Cc1ccn2ncc(-c3nc(N[C@@H]4CCCN(C(=O)O)C4)c(F)c(N4CCOCC4)n3)c2c1. The highest BCUT2D eigenvalue weighted by Crippen LogP contribution is 2.30. The number of amides is 1. The van der Waals surface area contributed by atoms with Gasteiger partial charge in [0.15, 0.2) is 17.5 Å². The number of likely N-dealkylation sites (tertiary alicyclic amines) is 1. The molecule has 2 aliphatic heterocycles. The maximum absolute atomic E-state index is 15.6. The van der Waals surface area contributed by atoms with Crippen molar-refractivity contribution in [2.75, 3.05) is 49.6 Å². The molecule has 10 nitrogen and oxygen atoms in total. The molecule has 0 bridgehead atoms. The van der Waals surface area contributed by atoms with E-state index in [0.717, 1.165) is 17.5 Å². The van der Waals surface area contributed by atoms with Gasteiger partial charge in [0, 0.05) is 38.4 Å². The van der Waals surface area contributed by atoms with E-state index in [0.29, 0.717) is 50.7 Å². The first-order valence-electron chi connectivity index (χ1n) is 11.1. The van der Waals surface area contributed by atoms with Crippen molar-refractivity contribution in [1.29, 1.82) is 0 Å². The Hall–Kier alpha value is -3.47. The number of pyridine rings is 1. The normalized spacial score (nSPS) is 19.2. The summed E-state index contributed by atoms with van der Waals surface area (Å²) in [5.74, 6) is 0.113. The van der Waals surface area contributed by atoms with Gasteiger partial charge in [-0.25, -0.2) is 19.3 Å². The van der Waals surface area contributed by atoms with Gasteiger partial charge in [0.2, 0.25) is 5.82 Å². The summed E-state index contributed by atoms with van der Waals surface area (Å²) < 4.78 is 22.8. The number of aryl methyl sites for hydroxylation is 1. The highest BCUT2D eigenvalue weighted by molar-refractivity contribution is 5.77. The third-order valence-electron chi connectivity index (χ3n) is 6.10. The lowest BCUT2D eigenvalue weighted by Gasteiger charge is -2.32. The fourth-order valence-corrected chi connectivity index (χ4v) is 4.36. The zero-order valence-electron chi connectivity index (χ0n) is 18.4. The lowest BCUT2D eigenvalue weighted by Crippen LogP contribution is -2.45. The first-order valence-corrected chi connectivity index (χ1v) is 11.1. The fourth-order valence-electron chi connectivity index (χ4n) is 4.36. The number of nitrogens with one attached hydrogen (secondary N) is 1. The molecule has 2 fully saturated rings. The first-order chi connectivity index (χ1) is 16.0. The van der Waals surface area contributed by atoms with Crippen LogP contribution in [0, 0.1) is 12.7 Å². The molecule has 33 heavy (non-hydrogen) atoms. The Morgan fingerprint density at radius 2 is 2.09 bits per heavy atom. The standard InChI is InChI=1S/C22H26FN7O3/c1-14-4-6-30-17(11-14)16(12-24-30)19-26-20(25-15-3-2-5-29(13-15)22(31)32)18(23)21(27-19)28-7-9-33-10-8-28/h4,6,11-12,15H,2-3,5,7-10,13H2,1H3,(H,31,32)(H,25,26,27)/t15-/m1/s1. The van der Waals surface area contributed by atoms with Gasteiger partial charge in [-0.3, -0.25) is 0 Å². The molecule has 1 atom stereocenters. The molecular weight excluding hydrogens is 429 g/mol. The van der Waals surface area contributed by atoms with Crippen molar-refractivity contribution in [2.45, 2.75) is 25.8 Å². The third-order valence-corrected chi connectivity index (χ3v) is 6.10. The molecule has 0 spiro atoms. The van der Waals surface area contributed by atoms with Crippen LogP contribution < -0.4 is 10.2 Å². The number of hydrogen-bond donors (Lipinski definition) is 2. The quantitative estimate of drug-likeness (QED) is 0.618. The summed E-state index contributed by atoms with van der Waals surface area (Å²) in [6.07, 6.45) is 4.00. The Labute approximate surface area is 190 Å². The Morgan fingerprint density at radius 3 is 2.88 bits per heavy atom. The number of anilines is 2. The predicted molar refractivity (Wildman–Crippen MR) is 120 cm³/mol. The van der Waals surface area contributed by atoms with Crippen LogP contribution in [0.4, 0.5) is 20.8 Å². The second-order valence-corrected chi connectivity index (χ2v) is 8.44. The maximum Gasteiger partial charge on any atom is 0.407 e. The molecule has 3 aromatic heterocycles. The van der Waals surface area contributed by atoms with Gasteiger partial charge in [-0.1, -0.05) is 0 Å². The smallest absolute Gasteiger partial charge is 0.407 e. The van der Waals surface area contributed by atoms with E-state index < -0.39 is 11.9 Å². The molecule has 3 aromatic rings. The predicted octanol–water partition coefficient (Wildman–Crippen LogP) is 2.63. The zero-order valence-corrected chi connectivity index (χ0v) is 18.4. The highest BCUT2D eigenvalue weighted by Gasteiger charge is 2.27. The molecule has 2 aliphatic rings. The fraction of sp³-hybridized carbons (Fsp3) is 0.455. The zero-order chi connectivity index (χ0) is 22.9. The minimum atomic E-state index is -0.971. The van der Waals surface area contributed by atoms with Gasteiger partial charge < -0.3 is 25.0 Å². The molecule has 0 aliphatic carbocycles. The van der Waals surface area contributed by atoms with Crippen LogP contribution in [0.3, 0.4) is 0 Å². The van der Waals surface area contributed by atoms with Gasteiger partial charge in [0.05, 0.1) is 30.5 Å². The van der Waals surface area contributed by atoms with Gasteiger partial charge >= 0.3 is 6.09 Å². The average Bonchev–Trinajstić information content (AvgIpc) is 3.24. The van der Waals surface area contributed by atoms with Crippen molar-refractivity contribution < 1.29 is 19.0 Å². The van der Waals surface area contributed by atoms with E-state index in [1.165, 1.54) is 4.90 Å². The van der Waals surface area contributed by atoms with Crippen molar-refractivity contribution in [2.24, 2.45) is 0 Å². The number of aromatic nitrogens is 4. The Balaban J connectivity index is 1.56. The van der Waals surface area contributed by atoms with Crippen LogP contribution in [0.25, 0.3) is 16.9 Å². The number of hydrogen-bond acceptors (Lipinski definition) is 7. The molecule has 2 saturated heterocycles. The van der Waals surface area contributed by atoms with Crippen molar-refractivity contribution in [3.63, 3.8) is 0 Å². The minimum Gasteiger partial charge on any atom is -0.465 e. The summed E-state index contributed by atoms with van der Waals surface area (Å²) in [5.41, 5.74) is 2.59. The molecule has 0 saturated carbocycles. The van der Waals surface area contributed by atoms with Crippen LogP contribution in [0.15, 0.2) is 24.5 Å². The van der Waals surface area contributed by atoms with Gasteiger partial charge in [-0.15, -0.1) is 0 Å². The number of rotatable bonds is 4. The van der Waals surface area contributed by atoms with Crippen LogP contribution >= 0.6 is 0 Å². The van der Waals surface area contributed by atoms with Crippen molar-refractivity contribution in [3.05, 3.63) is 35.9 Å². The Bertz CT molecular complexity index is 1180. The molecule has 1 amide bonds. The van der Waals surface area contributed by atoms with Gasteiger partial charge in [0.25, 0.3) is 0 Å². The third kappa shape index (κ3) is 4.28. The lowest BCUT2D eigenvalue weighted by atomic mass is 10.1. The summed E-state index contributed by atoms with van der Waals surface area (Å²) in [6, 6.07) is 3.71. The number of piperidine rings is 1. The van der Waals surface area contributed by atoms with Crippen molar-refractivity contribution in [3.8, 4) is 11.4 Å². The van der Waals surface area contributed by atoms with Crippen LogP contribution in [0.2, 0.25) is 0 Å². The van der Waals surface area contributed by atoms with Crippen LogP contribution in [-0.2, 0) is 4.74 Å². The summed E-state index contributed by atoms with van der Waals surface area (Å²) in [6.45, 7) is 4.78. The van der Waals surface area contributed by atoms with Crippen molar-refractivity contribution in [1.82, 2.24) is 24.5 Å². The Kier molecular flexibility index (Phi) is 5.71. The van der Waals surface area contributed by atoms with Crippen molar-refractivity contribution >= 4 is 23.2 Å². The lowest BCUT2D eigenvalue weighted by molar-refractivity contribution is 0.122. The Morgan fingerprint density at radius 1 is 1.27 bits per heavy atom. The van der Waals surface area contributed by atoms with Gasteiger partial charge in [0.1, 0.15) is 0 Å². The highest BCUT2D eigenvalue weighted by atomic mass is 19.1. The molecule has 0 radical (unpaired) electrons. The number of nitrogens with zero attached hydrogens (tertiary/aromatic N) is 6. The number of carbonyl (C=O) groups is 1. The number of ether oxygens (including phenoxy) is 1. The molecule has 0 unspecified atom stereocenters. The number of halogens is 1. The van der Waals surface area contributed by atoms with Crippen LogP contribution in [-0.4, -0.2) is 81.1 Å². The summed E-state index contributed by atoms with van der Waals surface area (Å²) in [7, 11) is 0. The van der Waals surface area contributed by atoms with E-state index in [1.807, 2.05) is 30.2 Å². The van der Waals surface area contributed by atoms with E-state index in [2.05, 4.69) is 20.4 Å². The van der Waals surface area contributed by atoms with E-state index in [9.17, 15) is 9.90 Å². The summed E-state index contributed by atoms with van der Waals surface area (Å²) >= 11 is 0. The van der Waals surface area contributed by atoms with Gasteiger partial charge in [-0.2, -0.15) is 9.49 Å². The molecule has 5 rings (SSSR count). The molecule has 11 heteroatoms. The number of morpholine rings is 1. The number of carboxylic acid groups (broad SMARTS) is 1. The minimum absolute atomic E-state index is 0.0748. The van der Waals surface area contributed by atoms with Crippen LogP contribution in [0.5, 0.6) is 0 Å². The monoisotopic (exact) mass is 455 g/mol. The molecule has 0 aromatic carbocycles. The number of fused-ring (bicyclic) bond motifs is 1. The molecular formula is C22H26FN7O3. The average molecular weight is 455 g/mol. The topological polar surface area (TPSA) is 108 Å². The van der Waals surface area contributed by atoms with E-state index in [1.54, 1.807) is 10.7 Å². The maximum atomic E-state index is 15.6. The first kappa shape index (κ1) is 21.4. The van der Waals surface area contributed by atoms with Crippen LogP contribution in [0.1, 0.15) is 18.4 Å². The van der Waals surface area contributed by atoms with E-state index in [-0.39, 0.29) is 24.2 Å². The van der Waals surface area contributed by atoms with E-state index in [4.69, 9.17) is 4.74 Å². The molecule has 5 heterocycles. The summed E-state index contributed by atoms with van der Waals surface area (Å²) in [4.78, 5) is 23.8. The summed E-state index contributed by atoms with van der Waals surface area (Å²) in [5, 5.41) is 16.9. The second kappa shape index (κ2) is 8.81. The molecule has 174 valence electrons. The van der Waals surface area contributed by atoms with Gasteiger partial charge in [-0.05, 0) is 37.5 Å².